The van der Waals surface area contributed by atoms with Crippen molar-refractivity contribution >= 4 is 22.1 Å². The van der Waals surface area contributed by atoms with Gasteiger partial charge < -0.3 is 5.32 Å². The summed E-state index contributed by atoms with van der Waals surface area (Å²) in [7, 11) is 0.985. The Kier molecular flexibility index (Phi) is 4.91. The summed E-state index contributed by atoms with van der Waals surface area (Å²) in [5.41, 5.74) is 3.71. The molecule has 0 aliphatic rings. The predicted molar refractivity (Wildman–Crippen MR) is 83.3 cm³/mol. The Bertz CT molecular complexity index is 543. The van der Waals surface area contributed by atoms with E-state index in [4.69, 9.17) is 0 Å². The summed E-state index contributed by atoms with van der Waals surface area (Å²) in [4.78, 5) is 0. The van der Waals surface area contributed by atoms with E-state index in [1.54, 1.807) is 11.3 Å². The van der Waals surface area contributed by atoms with Crippen LogP contribution in [-0.4, -0.2) is 17.0 Å². The Morgan fingerprint density at radius 2 is 1.95 bits per heavy atom. The smallest absolute Gasteiger partial charge is 0.0911 e. The highest BCUT2D eigenvalue weighted by molar-refractivity contribution is 7.87. The van der Waals surface area contributed by atoms with Crippen LogP contribution in [0.2, 0.25) is 0 Å². The largest absolute Gasteiger partial charge is 0.312 e. The lowest BCUT2D eigenvalue weighted by molar-refractivity contribution is 0.636. The summed E-state index contributed by atoms with van der Waals surface area (Å²) in [5, 5.41) is 5.25. The van der Waals surface area contributed by atoms with Gasteiger partial charge in [0.25, 0.3) is 0 Å². The second-order valence-corrected chi connectivity index (χ2v) is 7.38. The van der Waals surface area contributed by atoms with Gasteiger partial charge >= 0.3 is 0 Å². The first-order chi connectivity index (χ1) is 9.10. The molecule has 1 N–H and O–H groups in total. The van der Waals surface area contributed by atoms with Gasteiger partial charge in [0, 0.05) is 11.8 Å². The first kappa shape index (κ1) is 14.4. The van der Waals surface area contributed by atoms with Crippen molar-refractivity contribution < 1.29 is 4.21 Å². The van der Waals surface area contributed by atoms with Crippen molar-refractivity contribution in [1.29, 1.82) is 0 Å². The van der Waals surface area contributed by atoms with E-state index in [1.165, 1.54) is 16.7 Å². The van der Waals surface area contributed by atoms with Crippen molar-refractivity contribution in [2.75, 3.05) is 12.8 Å². The van der Waals surface area contributed by atoms with E-state index in [2.05, 4.69) is 37.4 Å². The van der Waals surface area contributed by atoms with Crippen molar-refractivity contribution in [2.24, 2.45) is 0 Å². The fraction of sp³-hybridized carbons (Fsp3) is 0.333. The molecule has 19 heavy (non-hydrogen) atoms. The van der Waals surface area contributed by atoms with Crippen LogP contribution in [0.5, 0.6) is 0 Å². The summed E-state index contributed by atoms with van der Waals surface area (Å²) in [6.45, 7) is 4.19. The lowest BCUT2D eigenvalue weighted by Gasteiger charge is -2.17. The highest BCUT2D eigenvalue weighted by Gasteiger charge is 2.15. The van der Waals surface area contributed by atoms with Crippen LogP contribution in [0.15, 0.2) is 39.9 Å². The van der Waals surface area contributed by atoms with Crippen molar-refractivity contribution in [3.8, 4) is 0 Å². The van der Waals surface area contributed by atoms with Gasteiger partial charge in [0.2, 0.25) is 0 Å². The molecule has 0 saturated carbocycles. The number of nitrogens with one attached hydrogen (secondary N) is 1. The van der Waals surface area contributed by atoms with Crippen LogP contribution in [0, 0.1) is 13.8 Å². The standard InChI is InChI=1S/C15H19NOS2/c1-11-7-12(2)9-13(8-11)14(16-3)10-19(17)15-5-4-6-18-15/h4-9,14,16H,10H2,1-3H3. The summed E-state index contributed by atoms with van der Waals surface area (Å²) < 4.78 is 13.2. The van der Waals surface area contributed by atoms with Gasteiger partial charge in [-0.1, -0.05) is 35.4 Å². The third kappa shape index (κ3) is 3.75. The highest BCUT2D eigenvalue weighted by Crippen LogP contribution is 2.21. The Hall–Kier alpha value is -0.970. The monoisotopic (exact) mass is 293 g/mol. The molecule has 0 amide bonds. The zero-order chi connectivity index (χ0) is 13.8. The van der Waals surface area contributed by atoms with Crippen LogP contribution in [0.4, 0.5) is 0 Å². The first-order valence-electron chi connectivity index (χ1n) is 6.27. The van der Waals surface area contributed by atoms with Gasteiger partial charge in [-0.15, -0.1) is 11.3 Å². The average molecular weight is 293 g/mol. The van der Waals surface area contributed by atoms with E-state index in [0.29, 0.717) is 5.75 Å². The van der Waals surface area contributed by atoms with E-state index in [9.17, 15) is 4.21 Å². The normalized spacial score (nSPS) is 14.3. The van der Waals surface area contributed by atoms with E-state index in [0.717, 1.165) is 4.21 Å². The molecule has 0 spiro atoms. The first-order valence-corrected chi connectivity index (χ1v) is 8.47. The van der Waals surface area contributed by atoms with E-state index in [1.807, 2.05) is 24.6 Å². The van der Waals surface area contributed by atoms with Crippen LogP contribution in [0.25, 0.3) is 0 Å². The third-order valence-electron chi connectivity index (χ3n) is 3.03. The topological polar surface area (TPSA) is 29.1 Å². The maximum absolute atomic E-state index is 12.3. The van der Waals surface area contributed by atoms with Crippen molar-refractivity contribution in [3.63, 3.8) is 0 Å². The fourth-order valence-electron chi connectivity index (χ4n) is 2.18. The Morgan fingerprint density at radius 1 is 1.26 bits per heavy atom. The van der Waals surface area contributed by atoms with Gasteiger partial charge in [-0.25, -0.2) is 0 Å². The number of aryl methyl sites for hydroxylation is 2. The predicted octanol–water partition coefficient (Wildman–Crippen LogP) is 3.43. The zero-order valence-electron chi connectivity index (χ0n) is 11.5. The maximum atomic E-state index is 12.3. The van der Waals surface area contributed by atoms with Crippen LogP contribution >= 0.6 is 11.3 Å². The average Bonchev–Trinajstić information content (AvgIpc) is 2.88. The molecule has 1 aromatic heterocycles. The van der Waals surface area contributed by atoms with Gasteiger partial charge in [0.05, 0.1) is 15.0 Å². The minimum Gasteiger partial charge on any atom is -0.312 e. The molecule has 0 fully saturated rings. The van der Waals surface area contributed by atoms with E-state index >= 15 is 0 Å². The third-order valence-corrected chi connectivity index (χ3v) is 5.76. The van der Waals surface area contributed by atoms with Crippen molar-refractivity contribution in [2.45, 2.75) is 24.1 Å². The van der Waals surface area contributed by atoms with Gasteiger partial charge in [-0.3, -0.25) is 4.21 Å². The SMILES string of the molecule is CNC(CS(=O)c1cccs1)c1cc(C)cc(C)c1. The zero-order valence-corrected chi connectivity index (χ0v) is 13.1. The molecule has 2 nitrogen and oxygen atoms in total. The van der Waals surface area contributed by atoms with Crippen LogP contribution in [0.3, 0.4) is 0 Å². The van der Waals surface area contributed by atoms with E-state index in [-0.39, 0.29) is 6.04 Å². The van der Waals surface area contributed by atoms with Crippen molar-refractivity contribution in [1.82, 2.24) is 5.32 Å². The summed E-state index contributed by atoms with van der Waals surface area (Å²) in [6, 6.07) is 10.5. The number of thiophene rings is 1. The molecule has 2 unspecified atom stereocenters. The second-order valence-electron chi connectivity index (χ2n) is 4.71. The lowest BCUT2D eigenvalue weighted by Crippen LogP contribution is -2.22. The minimum atomic E-state index is -0.940. The Labute approximate surface area is 121 Å². The van der Waals surface area contributed by atoms with Crippen LogP contribution in [-0.2, 0) is 10.8 Å². The molecule has 0 saturated heterocycles. The molecule has 1 aromatic carbocycles. The number of hydrogen-bond acceptors (Lipinski definition) is 3. The van der Waals surface area contributed by atoms with Crippen molar-refractivity contribution in [3.05, 3.63) is 52.4 Å². The molecule has 0 aliphatic carbocycles. The molecular formula is C15H19NOS2. The molecule has 2 aromatic rings. The molecule has 4 heteroatoms. The highest BCUT2D eigenvalue weighted by atomic mass is 32.2. The minimum absolute atomic E-state index is 0.126. The molecule has 2 atom stereocenters. The van der Waals surface area contributed by atoms with Crippen LogP contribution in [0.1, 0.15) is 22.7 Å². The summed E-state index contributed by atoms with van der Waals surface area (Å²) >= 11 is 1.56. The quantitative estimate of drug-likeness (QED) is 0.915. The molecule has 0 bridgehead atoms. The molecule has 0 aliphatic heterocycles. The van der Waals surface area contributed by atoms with Crippen LogP contribution < -0.4 is 5.32 Å². The van der Waals surface area contributed by atoms with Gasteiger partial charge in [0.15, 0.2) is 0 Å². The van der Waals surface area contributed by atoms with Gasteiger partial charge in [-0.05, 0) is 37.9 Å². The van der Waals surface area contributed by atoms with Gasteiger partial charge in [0.1, 0.15) is 0 Å². The molecule has 1 heterocycles. The fourth-order valence-corrected chi connectivity index (χ4v) is 4.49. The summed E-state index contributed by atoms with van der Waals surface area (Å²) in [5.74, 6) is 0.611. The number of hydrogen-bond donors (Lipinski definition) is 1. The van der Waals surface area contributed by atoms with Gasteiger partial charge in [-0.2, -0.15) is 0 Å². The molecule has 2 rings (SSSR count). The second kappa shape index (κ2) is 6.46. The molecule has 102 valence electrons. The lowest BCUT2D eigenvalue weighted by atomic mass is 10.0. The number of benzene rings is 1. The Morgan fingerprint density at radius 3 is 2.47 bits per heavy atom. The maximum Gasteiger partial charge on any atom is 0.0911 e. The number of rotatable bonds is 5. The molecule has 0 radical (unpaired) electrons. The summed E-state index contributed by atoms with van der Waals surface area (Å²) in [6.07, 6.45) is 0. The Balaban J connectivity index is 2.18. The van der Waals surface area contributed by atoms with E-state index < -0.39 is 10.8 Å². The molecular weight excluding hydrogens is 274 g/mol.